The SMILES string of the molecule is CC(C)C(=O)OCC1CN(C(=O)CCNC(=O)OCc2ccccc2)CCN1CC(=O)O. The summed E-state index contributed by atoms with van der Waals surface area (Å²) in [6, 6.07) is 8.85. The van der Waals surface area contributed by atoms with Gasteiger partial charge in [0.2, 0.25) is 5.91 Å². The average molecular weight is 450 g/mol. The number of carboxylic acid groups (broad SMARTS) is 1. The number of piperazine rings is 1. The first-order valence-electron chi connectivity index (χ1n) is 10.6. The highest BCUT2D eigenvalue weighted by Crippen LogP contribution is 2.12. The van der Waals surface area contributed by atoms with Crippen molar-refractivity contribution in [2.75, 3.05) is 39.3 Å². The minimum Gasteiger partial charge on any atom is -0.480 e. The third kappa shape index (κ3) is 8.54. The van der Waals surface area contributed by atoms with Crippen LogP contribution in [0.1, 0.15) is 25.8 Å². The molecule has 1 fully saturated rings. The molecule has 32 heavy (non-hydrogen) atoms. The van der Waals surface area contributed by atoms with Gasteiger partial charge in [0.05, 0.1) is 18.5 Å². The molecule has 0 aliphatic carbocycles. The quantitative estimate of drug-likeness (QED) is 0.509. The van der Waals surface area contributed by atoms with Crippen LogP contribution in [0.3, 0.4) is 0 Å². The van der Waals surface area contributed by atoms with Crippen molar-refractivity contribution in [1.29, 1.82) is 0 Å². The van der Waals surface area contributed by atoms with E-state index in [1.807, 2.05) is 30.3 Å². The molecule has 0 radical (unpaired) electrons. The Morgan fingerprint density at radius 1 is 1.12 bits per heavy atom. The van der Waals surface area contributed by atoms with Crippen molar-refractivity contribution in [3.8, 4) is 0 Å². The summed E-state index contributed by atoms with van der Waals surface area (Å²) in [6.07, 6.45) is -0.524. The van der Waals surface area contributed by atoms with Gasteiger partial charge in [-0.2, -0.15) is 0 Å². The highest BCUT2D eigenvalue weighted by atomic mass is 16.5. The van der Waals surface area contributed by atoms with Gasteiger partial charge in [-0.25, -0.2) is 4.79 Å². The average Bonchev–Trinajstić information content (AvgIpc) is 2.76. The Balaban J connectivity index is 1.78. The molecule has 0 spiro atoms. The fraction of sp³-hybridized carbons (Fsp3) is 0.545. The summed E-state index contributed by atoms with van der Waals surface area (Å²) in [4.78, 5) is 50.6. The molecule has 2 amide bonds. The van der Waals surface area contributed by atoms with Crippen LogP contribution in [0.15, 0.2) is 30.3 Å². The van der Waals surface area contributed by atoms with Crippen LogP contribution in [0.2, 0.25) is 0 Å². The van der Waals surface area contributed by atoms with Crippen molar-refractivity contribution in [3.63, 3.8) is 0 Å². The molecule has 1 aromatic rings. The lowest BCUT2D eigenvalue weighted by atomic mass is 10.1. The lowest BCUT2D eigenvalue weighted by Gasteiger charge is -2.40. The lowest BCUT2D eigenvalue weighted by molar-refractivity contribution is -0.151. The number of ether oxygens (including phenoxy) is 2. The molecule has 0 aromatic heterocycles. The van der Waals surface area contributed by atoms with Gasteiger partial charge in [-0.3, -0.25) is 19.3 Å². The van der Waals surface area contributed by atoms with Gasteiger partial charge >= 0.3 is 18.0 Å². The zero-order valence-electron chi connectivity index (χ0n) is 18.5. The standard InChI is InChI=1S/C22H31N3O7/c1-16(2)21(29)31-15-18-12-25(11-10-24(18)13-20(27)28)19(26)8-9-23-22(30)32-14-17-6-4-3-5-7-17/h3-7,16,18H,8-15H2,1-2H3,(H,23,30)(H,27,28). The predicted octanol–water partition coefficient (Wildman–Crippen LogP) is 1.10. The number of rotatable bonds is 10. The molecule has 2 N–H and O–H groups in total. The molecular weight excluding hydrogens is 418 g/mol. The van der Waals surface area contributed by atoms with Crippen LogP contribution in [0.4, 0.5) is 4.79 Å². The molecule has 0 saturated carbocycles. The van der Waals surface area contributed by atoms with Gasteiger partial charge in [-0.15, -0.1) is 0 Å². The van der Waals surface area contributed by atoms with E-state index in [0.29, 0.717) is 13.1 Å². The van der Waals surface area contributed by atoms with E-state index in [2.05, 4.69) is 5.32 Å². The maximum Gasteiger partial charge on any atom is 0.407 e. The first-order valence-corrected chi connectivity index (χ1v) is 10.6. The van der Waals surface area contributed by atoms with Crippen LogP contribution >= 0.6 is 0 Å². The molecule has 1 aliphatic rings. The van der Waals surface area contributed by atoms with Crippen LogP contribution in [-0.4, -0.2) is 84.2 Å². The van der Waals surface area contributed by atoms with Gasteiger partial charge in [-0.1, -0.05) is 44.2 Å². The number of amides is 2. The first kappa shape index (κ1) is 25.1. The molecule has 1 unspecified atom stereocenters. The third-order valence-corrected chi connectivity index (χ3v) is 5.01. The monoisotopic (exact) mass is 449 g/mol. The molecule has 10 nitrogen and oxygen atoms in total. The van der Waals surface area contributed by atoms with Gasteiger partial charge < -0.3 is 24.8 Å². The fourth-order valence-corrected chi connectivity index (χ4v) is 3.21. The number of hydrogen-bond acceptors (Lipinski definition) is 7. The van der Waals surface area contributed by atoms with Crippen molar-refractivity contribution < 1.29 is 33.8 Å². The van der Waals surface area contributed by atoms with Crippen LogP contribution in [0.5, 0.6) is 0 Å². The number of nitrogens with zero attached hydrogens (tertiary/aromatic N) is 2. The second-order valence-corrected chi connectivity index (χ2v) is 7.88. The summed E-state index contributed by atoms with van der Waals surface area (Å²) in [5.41, 5.74) is 0.863. The highest BCUT2D eigenvalue weighted by Gasteiger charge is 2.31. The van der Waals surface area contributed by atoms with Gasteiger partial charge in [0.15, 0.2) is 0 Å². The predicted molar refractivity (Wildman–Crippen MR) is 115 cm³/mol. The Kier molecular flexibility index (Phi) is 9.93. The van der Waals surface area contributed by atoms with E-state index in [1.165, 1.54) is 0 Å². The second kappa shape index (κ2) is 12.7. The smallest absolute Gasteiger partial charge is 0.407 e. The normalized spacial score (nSPS) is 16.5. The maximum atomic E-state index is 12.6. The topological polar surface area (TPSA) is 125 Å². The van der Waals surface area contributed by atoms with E-state index in [0.717, 1.165) is 5.56 Å². The van der Waals surface area contributed by atoms with Crippen molar-refractivity contribution in [2.24, 2.45) is 5.92 Å². The molecule has 1 aromatic carbocycles. The molecule has 1 atom stereocenters. The zero-order chi connectivity index (χ0) is 23.5. The molecular formula is C22H31N3O7. The number of esters is 1. The summed E-state index contributed by atoms with van der Waals surface area (Å²) in [5, 5.41) is 11.7. The number of benzene rings is 1. The minimum atomic E-state index is -0.983. The summed E-state index contributed by atoms with van der Waals surface area (Å²) < 4.78 is 10.4. The van der Waals surface area contributed by atoms with E-state index in [9.17, 15) is 19.2 Å². The lowest BCUT2D eigenvalue weighted by Crippen LogP contribution is -2.57. The Morgan fingerprint density at radius 2 is 1.84 bits per heavy atom. The van der Waals surface area contributed by atoms with Crippen molar-refractivity contribution in [2.45, 2.75) is 32.9 Å². The molecule has 10 heteroatoms. The summed E-state index contributed by atoms with van der Waals surface area (Å²) in [7, 11) is 0. The van der Waals surface area contributed by atoms with Crippen LogP contribution in [0.25, 0.3) is 0 Å². The van der Waals surface area contributed by atoms with Crippen LogP contribution < -0.4 is 5.32 Å². The molecule has 1 aliphatic heterocycles. The van der Waals surface area contributed by atoms with E-state index in [1.54, 1.807) is 23.6 Å². The van der Waals surface area contributed by atoms with Crippen LogP contribution in [0, 0.1) is 5.92 Å². The maximum absolute atomic E-state index is 12.6. The Hall–Kier alpha value is -3.14. The number of nitrogens with one attached hydrogen (secondary N) is 1. The molecule has 0 bridgehead atoms. The summed E-state index contributed by atoms with van der Waals surface area (Å²) in [6.45, 7) is 4.47. The van der Waals surface area contributed by atoms with E-state index >= 15 is 0 Å². The Morgan fingerprint density at radius 3 is 2.50 bits per heavy atom. The highest BCUT2D eigenvalue weighted by molar-refractivity contribution is 5.77. The van der Waals surface area contributed by atoms with Gasteiger partial charge in [0, 0.05) is 32.6 Å². The first-order chi connectivity index (χ1) is 15.3. The summed E-state index contributed by atoms with van der Waals surface area (Å²) in [5.74, 6) is -1.83. The van der Waals surface area contributed by atoms with E-state index in [-0.39, 0.29) is 57.1 Å². The molecule has 176 valence electrons. The number of carbonyl (C=O) groups excluding carboxylic acids is 3. The number of carbonyl (C=O) groups is 4. The Labute approximate surface area is 187 Å². The number of aliphatic carboxylic acids is 1. The number of hydrogen-bond donors (Lipinski definition) is 2. The number of carboxylic acids is 1. The van der Waals surface area contributed by atoms with Gasteiger partial charge in [0.1, 0.15) is 13.2 Å². The van der Waals surface area contributed by atoms with Gasteiger partial charge in [0.25, 0.3) is 0 Å². The van der Waals surface area contributed by atoms with Crippen molar-refractivity contribution in [1.82, 2.24) is 15.1 Å². The molecule has 1 heterocycles. The Bertz CT molecular complexity index is 785. The van der Waals surface area contributed by atoms with E-state index < -0.39 is 18.1 Å². The van der Waals surface area contributed by atoms with E-state index in [4.69, 9.17) is 14.6 Å². The zero-order valence-corrected chi connectivity index (χ0v) is 18.5. The largest absolute Gasteiger partial charge is 0.480 e. The third-order valence-electron chi connectivity index (χ3n) is 5.01. The minimum absolute atomic E-state index is 0.0120. The second-order valence-electron chi connectivity index (χ2n) is 7.88. The summed E-state index contributed by atoms with van der Waals surface area (Å²) >= 11 is 0. The van der Waals surface area contributed by atoms with Crippen molar-refractivity contribution in [3.05, 3.63) is 35.9 Å². The van der Waals surface area contributed by atoms with Crippen molar-refractivity contribution >= 4 is 23.9 Å². The number of alkyl carbamates (subject to hydrolysis) is 1. The van der Waals surface area contributed by atoms with Gasteiger partial charge in [-0.05, 0) is 5.56 Å². The van der Waals surface area contributed by atoms with Crippen LogP contribution in [-0.2, 0) is 30.5 Å². The molecule has 2 rings (SSSR count). The molecule has 1 saturated heterocycles. The fourth-order valence-electron chi connectivity index (χ4n) is 3.21.